The van der Waals surface area contributed by atoms with Gasteiger partial charge in [0.05, 0.1) is 17.9 Å². The Hall–Kier alpha value is -2.35. The predicted octanol–water partition coefficient (Wildman–Crippen LogP) is -0.397. The maximum Gasteiger partial charge on any atom is 0.300 e. The summed E-state index contributed by atoms with van der Waals surface area (Å²) in [5.41, 5.74) is -0.803. The molecule has 1 heterocycles. The van der Waals surface area contributed by atoms with Crippen molar-refractivity contribution < 1.29 is 28.3 Å². The molecule has 1 aromatic carbocycles. The molecule has 0 fully saturated rings. The van der Waals surface area contributed by atoms with Crippen LogP contribution in [0.1, 0.15) is 10.4 Å². The summed E-state index contributed by atoms with van der Waals surface area (Å²) in [6.07, 6.45) is 0. The Balaban J connectivity index is 2.31. The number of nitrogens with one attached hydrogen (secondary N) is 1. The van der Waals surface area contributed by atoms with Gasteiger partial charge in [-0.3, -0.25) is 19.3 Å². The zero-order valence-corrected chi connectivity index (χ0v) is 10.2. The van der Waals surface area contributed by atoms with E-state index in [1.165, 1.54) is 0 Å². The Labute approximate surface area is 112 Å². The minimum atomic E-state index is -1.14. The molecule has 1 aromatic rings. The van der Waals surface area contributed by atoms with Crippen molar-refractivity contribution in [2.24, 2.45) is 0 Å². The molecule has 2 rings (SSSR count). The van der Waals surface area contributed by atoms with E-state index in [4.69, 9.17) is 5.11 Å². The SMILES string of the molecule is O=C(CN1C(=O)C(=O)c2c(F)cc(F)cc21)NCCO. The van der Waals surface area contributed by atoms with E-state index in [0.717, 1.165) is 6.07 Å². The van der Waals surface area contributed by atoms with Gasteiger partial charge in [-0.25, -0.2) is 8.78 Å². The van der Waals surface area contributed by atoms with E-state index in [0.29, 0.717) is 11.0 Å². The fourth-order valence-electron chi connectivity index (χ4n) is 1.89. The van der Waals surface area contributed by atoms with Crippen LogP contribution in [-0.2, 0) is 9.59 Å². The molecule has 0 radical (unpaired) electrons. The van der Waals surface area contributed by atoms with Crippen LogP contribution in [0.5, 0.6) is 0 Å². The summed E-state index contributed by atoms with van der Waals surface area (Å²) in [5.74, 6) is -4.96. The Morgan fingerprint density at radius 1 is 1.30 bits per heavy atom. The van der Waals surface area contributed by atoms with E-state index >= 15 is 0 Å². The number of hydrogen-bond acceptors (Lipinski definition) is 4. The van der Waals surface area contributed by atoms with Crippen LogP contribution in [0.4, 0.5) is 14.5 Å². The van der Waals surface area contributed by atoms with Gasteiger partial charge in [-0.1, -0.05) is 0 Å². The van der Waals surface area contributed by atoms with Crippen molar-refractivity contribution in [3.05, 3.63) is 29.3 Å². The number of benzene rings is 1. The van der Waals surface area contributed by atoms with Crippen LogP contribution in [-0.4, -0.2) is 42.4 Å². The van der Waals surface area contributed by atoms with Crippen molar-refractivity contribution in [3.63, 3.8) is 0 Å². The number of halogens is 2. The van der Waals surface area contributed by atoms with E-state index in [1.807, 2.05) is 0 Å². The topological polar surface area (TPSA) is 86.7 Å². The Morgan fingerprint density at radius 3 is 2.65 bits per heavy atom. The highest BCUT2D eigenvalue weighted by Crippen LogP contribution is 2.31. The Morgan fingerprint density at radius 2 is 2.00 bits per heavy atom. The van der Waals surface area contributed by atoms with Crippen LogP contribution in [0.25, 0.3) is 0 Å². The fraction of sp³-hybridized carbons (Fsp3) is 0.250. The van der Waals surface area contributed by atoms with Crippen molar-refractivity contribution in [3.8, 4) is 0 Å². The molecule has 1 aliphatic heterocycles. The average Bonchev–Trinajstić information content (AvgIpc) is 2.61. The van der Waals surface area contributed by atoms with E-state index in [-0.39, 0.29) is 18.8 Å². The Bertz CT molecular complexity index is 603. The zero-order chi connectivity index (χ0) is 14.9. The smallest absolute Gasteiger partial charge is 0.300 e. The van der Waals surface area contributed by atoms with Gasteiger partial charge in [0.15, 0.2) is 0 Å². The minimum absolute atomic E-state index is 0.0286. The first kappa shape index (κ1) is 14.1. The second kappa shape index (κ2) is 5.33. The monoisotopic (exact) mass is 284 g/mol. The van der Waals surface area contributed by atoms with Crippen molar-refractivity contribution in [1.82, 2.24) is 5.32 Å². The van der Waals surface area contributed by atoms with Gasteiger partial charge in [0.25, 0.3) is 11.7 Å². The van der Waals surface area contributed by atoms with E-state index < -0.39 is 41.3 Å². The largest absolute Gasteiger partial charge is 0.395 e. The molecule has 1 aliphatic rings. The van der Waals surface area contributed by atoms with Gasteiger partial charge in [0, 0.05) is 12.6 Å². The number of aliphatic hydroxyl groups excluding tert-OH is 1. The average molecular weight is 284 g/mol. The highest BCUT2D eigenvalue weighted by atomic mass is 19.1. The number of amides is 2. The van der Waals surface area contributed by atoms with Gasteiger partial charge in [0.2, 0.25) is 5.91 Å². The van der Waals surface area contributed by atoms with Crippen molar-refractivity contribution >= 4 is 23.3 Å². The van der Waals surface area contributed by atoms with Gasteiger partial charge in [-0.05, 0) is 6.07 Å². The molecule has 106 valence electrons. The molecule has 0 aliphatic carbocycles. The standard InChI is InChI=1S/C12H10F2N2O4/c13-6-3-7(14)10-8(4-6)16(12(20)11(10)19)5-9(18)15-1-2-17/h3-4,17H,1-2,5H2,(H,15,18). The number of carbonyl (C=O) groups excluding carboxylic acids is 3. The normalized spacial score (nSPS) is 13.7. The molecule has 0 saturated heterocycles. The Kier molecular flexibility index (Phi) is 3.75. The van der Waals surface area contributed by atoms with Crippen molar-refractivity contribution in [2.75, 3.05) is 24.6 Å². The number of carbonyl (C=O) groups is 3. The van der Waals surface area contributed by atoms with Gasteiger partial charge >= 0.3 is 0 Å². The lowest BCUT2D eigenvalue weighted by atomic mass is 10.1. The van der Waals surface area contributed by atoms with Crippen LogP contribution >= 0.6 is 0 Å². The third kappa shape index (κ3) is 2.37. The molecule has 0 saturated carbocycles. The molecule has 0 unspecified atom stereocenters. The van der Waals surface area contributed by atoms with Crippen molar-refractivity contribution in [1.29, 1.82) is 0 Å². The first-order valence-electron chi connectivity index (χ1n) is 5.68. The summed E-state index contributed by atoms with van der Waals surface area (Å²) in [5, 5.41) is 10.8. The highest BCUT2D eigenvalue weighted by molar-refractivity contribution is 6.52. The summed E-state index contributed by atoms with van der Waals surface area (Å²) < 4.78 is 26.7. The van der Waals surface area contributed by atoms with E-state index in [2.05, 4.69) is 5.32 Å². The first-order chi connectivity index (χ1) is 9.45. The number of rotatable bonds is 4. The number of hydrogen-bond donors (Lipinski definition) is 2. The van der Waals surface area contributed by atoms with Crippen LogP contribution in [0.2, 0.25) is 0 Å². The third-order valence-corrected chi connectivity index (χ3v) is 2.73. The van der Waals surface area contributed by atoms with Gasteiger partial charge in [-0.2, -0.15) is 0 Å². The molecule has 0 spiro atoms. The predicted molar refractivity (Wildman–Crippen MR) is 63.1 cm³/mol. The third-order valence-electron chi connectivity index (χ3n) is 2.73. The number of ketones is 1. The van der Waals surface area contributed by atoms with Crippen LogP contribution in [0.3, 0.4) is 0 Å². The molecule has 2 amide bonds. The van der Waals surface area contributed by atoms with Crippen LogP contribution in [0.15, 0.2) is 12.1 Å². The summed E-state index contributed by atoms with van der Waals surface area (Å²) >= 11 is 0. The summed E-state index contributed by atoms with van der Waals surface area (Å²) in [7, 11) is 0. The number of anilines is 1. The second-order valence-corrected chi connectivity index (χ2v) is 4.08. The van der Waals surface area contributed by atoms with Crippen molar-refractivity contribution in [2.45, 2.75) is 0 Å². The first-order valence-corrected chi connectivity index (χ1v) is 5.68. The zero-order valence-electron chi connectivity index (χ0n) is 10.2. The fourth-order valence-corrected chi connectivity index (χ4v) is 1.89. The second-order valence-electron chi connectivity index (χ2n) is 4.08. The summed E-state index contributed by atoms with van der Waals surface area (Å²) in [6.45, 7) is -0.877. The van der Waals surface area contributed by atoms with Gasteiger partial charge in [0.1, 0.15) is 18.2 Å². The molecule has 0 aromatic heterocycles. The number of nitrogens with zero attached hydrogens (tertiary/aromatic N) is 1. The number of fused-ring (bicyclic) bond motifs is 1. The summed E-state index contributed by atoms with van der Waals surface area (Å²) in [4.78, 5) is 35.5. The summed E-state index contributed by atoms with van der Waals surface area (Å²) in [6, 6.07) is 1.32. The lowest BCUT2D eigenvalue weighted by Gasteiger charge is -2.15. The van der Waals surface area contributed by atoms with E-state index in [9.17, 15) is 23.2 Å². The van der Waals surface area contributed by atoms with Crippen LogP contribution < -0.4 is 10.2 Å². The number of Topliss-reactive ketones (excluding diaryl/α,β-unsaturated/α-hetero) is 1. The van der Waals surface area contributed by atoms with Crippen LogP contribution in [0, 0.1) is 11.6 Å². The van der Waals surface area contributed by atoms with Gasteiger partial charge in [-0.15, -0.1) is 0 Å². The maximum absolute atomic E-state index is 13.5. The van der Waals surface area contributed by atoms with E-state index in [1.54, 1.807) is 0 Å². The molecule has 2 N–H and O–H groups in total. The molecule has 8 heteroatoms. The lowest BCUT2D eigenvalue weighted by molar-refractivity contribution is -0.122. The van der Waals surface area contributed by atoms with Gasteiger partial charge < -0.3 is 10.4 Å². The molecule has 0 atom stereocenters. The molecule has 20 heavy (non-hydrogen) atoms. The highest BCUT2D eigenvalue weighted by Gasteiger charge is 2.39. The minimum Gasteiger partial charge on any atom is -0.395 e. The maximum atomic E-state index is 13.5. The molecule has 0 bridgehead atoms. The molecular weight excluding hydrogens is 274 g/mol. The molecular formula is C12H10F2N2O4. The number of aliphatic hydroxyl groups is 1. The lowest BCUT2D eigenvalue weighted by Crippen LogP contribution is -2.40. The molecule has 6 nitrogen and oxygen atoms in total. The quantitative estimate of drug-likeness (QED) is 0.737.